The Labute approximate surface area is 161 Å². The van der Waals surface area contributed by atoms with E-state index < -0.39 is 86.7 Å². The van der Waals surface area contributed by atoms with Crippen LogP contribution in [0.2, 0.25) is 0 Å². The first-order chi connectivity index (χ1) is 13.4. The van der Waals surface area contributed by atoms with Crippen LogP contribution in [0.4, 0.5) is 13.2 Å². The van der Waals surface area contributed by atoms with E-state index in [0.29, 0.717) is 0 Å². The molecule has 170 valence electrons. The molecule has 8 N–H and O–H groups in total. The van der Waals surface area contributed by atoms with Crippen LogP contribution >= 0.6 is 0 Å². The highest BCUT2D eigenvalue weighted by Crippen LogP contribution is 2.30. The van der Waals surface area contributed by atoms with Gasteiger partial charge in [0, 0.05) is 0 Å². The lowest BCUT2D eigenvalue weighted by Crippen LogP contribution is -2.65. The van der Waals surface area contributed by atoms with E-state index in [4.69, 9.17) is 24.7 Å². The number of ether oxygens (including phenoxy) is 4. The molecule has 0 spiro atoms. The minimum Gasteiger partial charge on any atom is -0.442 e. The highest BCUT2D eigenvalue weighted by atomic mass is 19.4. The van der Waals surface area contributed by atoms with E-state index >= 15 is 0 Å². The number of aliphatic hydroxyl groups is 7. The van der Waals surface area contributed by atoms with Crippen LogP contribution in [0.15, 0.2) is 0 Å². The first kappa shape index (κ1) is 24.1. The van der Waals surface area contributed by atoms with E-state index in [9.17, 15) is 43.8 Å². The molecule has 10 atom stereocenters. The van der Waals surface area contributed by atoms with E-state index in [0.717, 1.165) is 0 Å². The smallest absolute Gasteiger partial charge is 0.442 e. The van der Waals surface area contributed by atoms with Gasteiger partial charge in [-0.25, -0.2) is 0 Å². The Morgan fingerprint density at radius 2 is 1.31 bits per heavy atom. The molecule has 15 heteroatoms. The molecule has 0 radical (unpaired) electrons. The molecule has 2 rings (SSSR count). The fourth-order valence-corrected chi connectivity index (χ4v) is 2.84. The highest BCUT2D eigenvalue weighted by Gasteiger charge is 2.52. The summed E-state index contributed by atoms with van der Waals surface area (Å²) in [6.07, 6.45) is -23.4. The Hall–Kier alpha value is -1.14. The van der Waals surface area contributed by atoms with Gasteiger partial charge in [-0.1, -0.05) is 0 Å². The SMILES string of the molecule is N=C(OC1O[C@H](CO)[C@@H](O[C@@H]2O[C@H](CO)[C@H](O)[C@H](O)[C@H]2O)[C@H](O)[C@H]1O)C(F)(F)F. The third-order valence-electron chi connectivity index (χ3n) is 4.45. The molecule has 1 unspecified atom stereocenters. The highest BCUT2D eigenvalue weighted by molar-refractivity contribution is 5.78. The zero-order valence-electron chi connectivity index (χ0n) is 14.6. The number of hydrogen-bond donors (Lipinski definition) is 8. The Balaban J connectivity index is 2.12. The van der Waals surface area contributed by atoms with Gasteiger partial charge in [0.25, 0.3) is 5.90 Å². The van der Waals surface area contributed by atoms with Gasteiger partial charge in [0.1, 0.15) is 48.8 Å². The first-order valence-electron chi connectivity index (χ1n) is 8.33. The van der Waals surface area contributed by atoms with Crippen molar-refractivity contribution in [2.45, 2.75) is 67.6 Å². The van der Waals surface area contributed by atoms with Gasteiger partial charge in [-0.3, -0.25) is 5.41 Å². The molecular weight excluding hydrogens is 415 g/mol. The summed E-state index contributed by atoms with van der Waals surface area (Å²) >= 11 is 0. The summed E-state index contributed by atoms with van der Waals surface area (Å²) in [7, 11) is 0. The van der Waals surface area contributed by atoms with E-state index in [1.54, 1.807) is 0 Å². The summed E-state index contributed by atoms with van der Waals surface area (Å²) in [4.78, 5) is 0. The van der Waals surface area contributed by atoms with Crippen LogP contribution in [0.25, 0.3) is 0 Å². The second-order valence-electron chi connectivity index (χ2n) is 6.45. The number of rotatable bonds is 5. The number of hydrogen-bond acceptors (Lipinski definition) is 12. The van der Waals surface area contributed by atoms with Crippen LogP contribution in [0.1, 0.15) is 0 Å². The number of aliphatic hydroxyl groups excluding tert-OH is 7. The molecule has 0 aromatic heterocycles. The lowest BCUT2D eigenvalue weighted by molar-refractivity contribution is -0.354. The van der Waals surface area contributed by atoms with Crippen LogP contribution in [-0.2, 0) is 18.9 Å². The molecule has 2 heterocycles. The van der Waals surface area contributed by atoms with Crippen LogP contribution < -0.4 is 0 Å². The molecular formula is C14H22F3NO11. The van der Waals surface area contributed by atoms with Gasteiger partial charge < -0.3 is 54.7 Å². The molecule has 2 aliphatic rings. The standard InChI is InChI=1S/C14H22F3NO11/c15-14(16,17)13(18)29-12-9(25)7(23)10(4(2-20)27-12)28-11-8(24)6(22)5(21)3(1-19)26-11/h3-12,18-25H,1-2H2/t3-,4-,5+,6+,7-,8-,9-,10-,11+,12?/m1/s1. The maximum atomic E-state index is 12.4. The van der Waals surface area contributed by atoms with Gasteiger partial charge in [0.2, 0.25) is 6.29 Å². The molecule has 0 saturated carbocycles. The van der Waals surface area contributed by atoms with Crippen LogP contribution in [0.3, 0.4) is 0 Å². The lowest BCUT2D eigenvalue weighted by Gasteiger charge is -2.45. The lowest BCUT2D eigenvalue weighted by atomic mass is 9.97. The van der Waals surface area contributed by atoms with Crippen molar-refractivity contribution in [1.29, 1.82) is 5.41 Å². The van der Waals surface area contributed by atoms with Crippen LogP contribution in [-0.4, -0.2) is 122 Å². The zero-order valence-corrected chi connectivity index (χ0v) is 14.6. The molecule has 0 amide bonds. The van der Waals surface area contributed by atoms with Gasteiger partial charge >= 0.3 is 6.18 Å². The summed E-state index contributed by atoms with van der Waals surface area (Å²) in [5.41, 5.74) is 0. The number of nitrogens with one attached hydrogen (secondary N) is 1. The average Bonchev–Trinajstić information content (AvgIpc) is 2.66. The van der Waals surface area contributed by atoms with E-state index in [1.165, 1.54) is 0 Å². The van der Waals surface area contributed by atoms with Crippen LogP contribution in [0.5, 0.6) is 0 Å². The van der Waals surface area contributed by atoms with E-state index in [2.05, 4.69) is 4.74 Å². The van der Waals surface area contributed by atoms with Gasteiger partial charge in [0.05, 0.1) is 13.2 Å². The van der Waals surface area contributed by atoms with Gasteiger partial charge in [-0.05, 0) is 0 Å². The normalized spacial score (nSPS) is 43.8. The molecule has 29 heavy (non-hydrogen) atoms. The summed E-state index contributed by atoms with van der Waals surface area (Å²) in [5.74, 6) is -2.21. The van der Waals surface area contributed by atoms with E-state index in [1.807, 2.05) is 0 Å². The van der Waals surface area contributed by atoms with E-state index in [-0.39, 0.29) is 0 Å². The van der Waals surface area contributed by atoms with Crippen molar-refractivity contribution in [2.24, 2.45) is 0 Å². The predicted octanol–water partition coefficient (Wildman–Crippen LogP) is -3.83. The Morgan fingerprint density at radius 3 is 1.83 bits per heavy atom. The topological polar surface area (TPSA) is 202 Å². The largest absolute Gasteiger partial charge is 0.467 e. The van der Waals surface area contributed by atoms with Gasteiger partial charge in [0.15, 0.2) is 6.29 Å². The van der Waals surface area contributed by atoms with Crippen LogP contribution in [0, 0.1) is 5.41 Å². The Kier molecular flexibility index (Phi) is 7.77. The molecule has 2 saturated heterocycles. The summed E-state index contributed by atoms with van der Waals surface area (Å²) in [6.45, 7) is -1.73. The first-order valence-corrected chi connectivity index (χ1v) is 8.33. The minimum absolute atomic E-state index is 0.782. The second-order valence-corrected chi connectivity index (χ2v) is 6.45. The third-order valence-corrected chi connectivity index (χ3v) is 4.45. The van der Waals surface area contributed by atoms with Crippen molar-refractivity contribution in [3.05, 3.63) is 0 Å². The van der Waals surface area contributed by atoms with Crippen molar-refractivity contribution < 1.29 is 67.9 Å². The molecule has 2 aliphatic heterocycles. The average molecular weight is 437 g/mol. The minimum atomic E-state index is -5.19. The zero-order chi connectivity index (χ0) is 22.1. The molecule has 0 aliphatic carbocycles. The molecule has 0 aromatic carbocycles. The quantitative estimate of drug-likeness (QED) is 0.155. The second kappa shape index (κ2) is 9.34. The molecule has 2 fully saturated rings. The fraction of sp³-hybridized carbons (Fsp3) is 0.929. The number of halogens is 3. The molecule has 0 aromatic rings. The predicted molar refractivity (Wildman–Crippen MR) is 81.3 cm³/mol. The summed E-state index contributed by atoms with van der Waals surface area (Å²) in [5, 5.41) is 74.9. The third kappa shape index (κ3) is 5.13. The van der Waals surface area contributed by atoms with Gasteiger partial charge in [-0.2, -0.15) is 13.2 Å². The maximum Gasteiger partial charge on any atom is 0.467 e. The number of alkyl halides is 3. The van der Waals surface area contributed by atoms with Crippen molar-refractivity contribution in [3.63, 3.8) is 0 Å². The Bertz CT molecular complexity index is 563. The maximum absolute atomic E-state index is 12.4. The molecule has 0 bridgehead atoms. The monoisotopic (exact) mass is 437 g/mol. The van der Waals surface area contributed by atoms with Crippen molar-refractivity contribution >= 4 is 5.90 Å². The molecule has 12 nitrogen and oxygen atoms in total. The van der Waals surface area contributed by atoms with Crippen molar-refractivity contribution in [2.75, 3.05) is 13.2 Å². The van der Waals surface area contributed by atoms with Gasteiger partial charge in [-0.15, -0.1) is 0 Å². The summed E-state index contributed by atoms with van der Waals surface area (Å²) in [6, 6.07) is 0. The van der Waals surface area contributed by atoms with Crippen molar-refractivity contribution in [1.82, 2.24) is 0 Å². The van der Waals surface area contributed by atoms with Crippen molar-refractivity contribution in [3.8, 4) is 0 Å². The Morgan fingerprint density at radius 1 is 0.793 bits per heavy atom. The summed E-state index contributed by atoms with van der Waals surface area (Å²) < 4.78 is 56.7. The fourth-order valence-electron chi connectivity index (χ4n) is 2.84.